The van der Waals surface area contributed by atoms with E-state index in [0.717, 1.165) is 55.6 Å². The summed E-state index contributed by atoms with van der Waals surface area (Å²) in [7, 11) is 0. The zero-order valence-electron chi connectivity index (χ0n) is 18.8. The number of amides is 2. The molecule has 2 aromatic carbocycles. The van der Waals surface area contributed by atoms with Crippen LogP contribution in [0.1, 0.15) is 43.7 Å². The number of hydrogen-bond acceptors (Lipinski definition) is 3. The first-order valence-corrected chi connectivity index (χ1v) is 11.6. The van der Waals surface area contributed by atoms with E-state index in [9.17, 15) is 14.0 Å². The minimum Gasteiger partial charge on any atom is -0.494 e. The van der Waals surface area contributed by atoms with Crippen molar-refractivity contribution in [2.45, 2.75) is 45.4 Å². The summed E-state index contributed by atoms with van der Waals surface area (Å²) in [6, 6.07) is 14.0. The Labute approximate surface area is 190 Å². The van der Waals surface area contributed by atoms with Gasteiger partial charge in [0, 0.05) is 19.6 Å². The number of ether oxygens (including phenoxy) is 1. The molecule has 1 unspecified atom stereocenters. The molecule has 6 heteroatoms. The van der Waals surface area contributed by atoms with Crippen molar-refractivity contribution in [2.24, 2.45) is 5.92 Å². The van der Waals surface area contributed by atoms with Crippen LogP contribution in [0.3, 0.4) is 0 Å². The molecule has 0 spiro atoms. The minimum atomic E-state index is -0.313. The van der Waals surface area contributed by atoms with Gasteiger partial charge in [-0.2, -0.15) is 0 Å². The second-order valence-electron chi connectivity index (χ2n) is 8.37. The maximum Gasteiger partial charge on any atom is 0.227 e. The maximum atomic E-state index is 13.1. The van der Waals surface area contributed by atoms with Gasteiger partial charge in [-0.05, 0) is 61.1 Å². The van der Waals surface area contributed by atoms with Gasteiger partial charge < -0.3 is 15.0 Å². The number of halogens is 1. The molecule has 0 radical (unpaired) electrons. The highest BCUT2D eigenvalue weighted by molar-refractivity contribution is 5.82. The molecule has 1 aliphatic rings. The standard InChI is InChI=1S/C26H33FN2O3/c1-2-3-17-32-24-12-8-20(9-13-24)14-15-28-26(31)22-5-4-16-29(19-22)25(30)18-21-6-10-23(27)11-7-21/h6-13,22H,2-5,14-19H2,1H3,(H,28,31). The zero-order chi connectivity index (χ0) is 22.8. The van der Waals surface area contributed by atoms with Gasteiger partial charge in [0.05, 0.1) is 18.9 Å². The van der Waals surface area contributed by atoms with Crippen LogP contribution in [0.25, 0.3) is 0 Å². The third-order valence-electron chi connectivity index (χ3n) is 5.82. The summed E-state index contributed by atoms with van der Waals surface area (Å²) in [5, 5.41) is 3.02. The number of likely N-dealkylation sites (tertiary alicyclic amines) is 1. The van der Waals surface area contributed by atoms with Crippen molar-refractivity contribution in [3.05, 3.63) is 65.5 Å². The fourth-order valence-electron chi connectivity index (χ4n) is 3.87. The number of hydrogen-bond donors (Lipinski definition) is 1. The van der Waals surface area contributed by atoms with Crippen molar-refractivity contribution in [1.82, 2.24) is 10.2 Å². The van der Waals surface area contributed by atoms with E-state index in [1.807, 2.05) is 24.3 Å². The largest absolute Gasteiger partial charge is 0.494 e. The lowest BCUT2D eigenvalue weighted by Crippen LogP contribution is -2.46. The molecule has 0 aliphatic carbocycles. The highest BCUT2D eigenvalue weighted by Gasteiger charge is 2.28. The highest BCUT2D eigenvalue weighted by atomic mass is 19.1. The molecule has 172 valence electrons. The van der Waals surface area contributed by atoms with Gasteiger partial charge in [0.2, 0.25) is 11.8 Å². The molecule has 2 aromatic rings. The molecule has 3 rings (SSSR count). The Morgan fingerprint density at radius 2 is 1.81 bits per heavy atom. The molecule has 2 amide bonds. The Hall–Kier alpha value is -2.89. The van der Waals surface area contributed by atoms with E-state index >= 15 is 0 Å². The molecule has 1 heterocycles. The summed E-state index contributed by atoms with van der Waals surface area (Å²) in [6.07, 6.45) is 4.74. The van der Waals surface area contributed by atoms with E-state index in [1.165, 1.54) is 12.1 Å². The van der Waals surface area contributed by atoms with Gasteiger partial charge in [-0.1, -0.05) is 37.6 Å². The van der Waals surface area contributed by atoms with Crippen LogP contribution >= 0.6 is 0 Å². The van der Waals surface area contributed by atoms with Gasteiger partial charge in [-0.25, -0.2) is 4.39 Å². The van der Waals surface area contributed by atoms with Crippen LogP contribution in [0.2, 0.25) is 0 Å². The molecular formula is C26H33FN2O3. The van der Waals surface area contributed by atoms with Crippen LogP contribution in [-0.2, 0) is 22.4 Å². The van der Waals surface area contributed by atoms with Gasteiger partial charge in [-0.15, -0.1) is 0 Å². The SMILES string of the molecule is CCCCOc1ccc(CCNC(=O)C2CCCN(C(=O)Cc3ccc(F)cc3)C2)cc1. The molecule has 0 saturated carbocycles. The Bertz CT molecular complexity index is 868. The quantitative estimate of drug-likeness (QED) is 0.565. The topological polar surface area (TPSA) is 58.6 Å². The summed E-state index contributed by atoms with van der Waals surface area (Å²) in [5.41, 5.74) is 1.93. The highest BCUT2D eigenvalue weighted by Crippen LogP contribution is 2.18. The minimum absolute atomic E-state index is 0.00352. The monoisotopic (exact) mass is 440 g/mol. The molecule has 0 bridgehead atoms. The Morgan fingerprint density at radius 1 is 1.09 bits per heavy atom. The molecule has 0 aromatic heterocycles. The van der Waals surface area contributed by atoms with Gasteiger partial charge in [0.25, 0.3) is 0 Å². The number of nitrogens with one attached hydrogen (secondary N) is 1. The third-order valence-corrected chi connectivity index (χ3v) is 5.82. The lowest BCUT2D eigenvalue weighted by Gasteiger charge is -2.32. The average molecular weight is 441 g/mol. The van der Waals surface area contributed by atoms with Crippen molar-refractivity contribution in [2.75, 3.05) is 26.2 Å². The summed E-state index contributed by atoms with van der Waals surface area (Å²) < 4.78 is 18.7. The number of carbonyl (C=O) groups is 2. The second kappa shape index (κ2) is 12.2. The van der Waals surface area contributed by atoms with E-state index in [1.54, 1.807) is 17.0 Å². The average Bonchev–Trinajstić information content (AvgIpc) is 2.82. The van der Waals surface area contributed by atoms with Crippen molar-refractivity contribution < 1.29 is 18.7 Å². The number of nitrogens with zero attached hydrogens (tertiary/aromatic N) is 1. The first kappa shape index (κ1) is 23.8. The maximum absolute atomic E-state index is 13.1. The van der Waals surface area contributed by atoms with Crippen molar-refractivity contribution >= 4 is 11.8 Å². The molecule has 1 atom stereocenters. The number of unbranched alkanes of at least 4 members (excludes halogenated alkanes) is 1. The first-order valence-electron chi connectivity index (χ1n) is 11.6. The Balaban J connectivity index is 1.41. The van der Waals surface area contributed by atoms with Crippen molar-refractivity contribution in [3.8, 4) is 5.75 Å². The third kappa shape index (κ3) is 7.36. The van der Waals surface area contributed by atoms with E-state index in [4.69, 9.17) is 4.74 Å². The van der Waals surface area contributed by atoms with Crippen LogP contribution in [0.15, 0.2) is 48.5 Å². The van der Waals surface area contributed by atoms with Gasteiger partial charge >= 0.3 is 0 Å². The zero-order valence-corrected chi connectivity index (χ0v) is 18.8. The predicted octanol–water partition coefficient (Wildman–Crippen LogP) is 4.14. The molecule has 1 saturated heterocycles. The predicted molar refractivity (Wildman–Crippen MR) is 123 cm³/mol. The summed E-state index contributed by atoms with van der Waals surface area (Å²) in [4.78, 5) is 27.0. The number of piperidine rings is 1. The van der Waals surface area contributed by atoms with Crippen LogP contribution in [0.4, 0.5) is 4.39 Å². The lowest BCUT2D eigenvalue weighted by atomic mass is 9.96. The summed E-state index contributed by atoms with van der Waals surface area (Å²) in [5.74, 6) is 0.361. The molecule has 1 N–H and O–H groups in total. The van der Waals surface area contributed by atoms with Crippen LogP contribution in [-0.4, -0.2) is 43.0 Å². The summed E-state index contributed by atoms with van der Waals surface area (Å²) >= 11 is 0. The van der Waals surface area contributed by atoms with Crippen molar-refractivity contribution in [1.29, 1.82) is 0 Å². The number of carbonyl (C=O) groups excluding carboxylic acids is 2. The van der Waals surface area contributed by atoms with Gasteiger partial charge in [0.1, 0.15) is 11.6 Å². The molecule has 1 aliphatic heterocycles. The fraction of sp³-hybridized carbons (Fsp3) is 0.462. The van der Waals surface area contributed by atoms with Gasteiger partial charge in [0.15, 0.2) is 0 Å². The van der Waals surface area contributed by atoms with Crippen molar-refractivity contribution in [3.63, 3.8) is 0 Å². The lowest BCUT2D eigenvalue weighted by molar-refractivity contribution is -0.135. The molecule has 1 fully saturated rings. The number of benzene rings is 2. The van der Waals surface area contributed by atoms with Crippen LogP contribution < -0.4 is 10.1 Å². The smallest absolute Gasteiger partial charge is 0.227 e. The molecule has 32 heavy (non-hydrogen) atoms. The van der Waals surface area contributed by atoms with E-state index in [-0.39, 0.29) is 30.0 Å². The number of rotatable bonds is 10. The van der Waals surface area contributed by atoms with E-state index in [2.05, 4.69) is 12.2 Å². The van der Waals surface area contributed by atoms with Gasteiger partial charge in [-0.3, -0.25) is 9.59 Å². The van der Waals surface area contributed by atoms with E-state index < -0.39 is 0 Å². The normalized spacial score (nSPS) is 15.9. The Kier molecular flexibility index (Phi) is 9.08. The first-order chi connectivity index (χ1) is 15.5. The molecule has 5 nitrogen and oxygen atoms in total. The second-order valence-corrected chi connectivity index (χ2v) is 8.37. The van der Waals surface area contributed by atoms with Crippen LogP contribution in [0.5, 0.6) is 5.75 Å². The fourth-order valence-corrected chi connectivity index (χ4v) is 3.87. The van der Waals surface area contributed by atoms with Crippen LogP contribution in [0, 0.1) is 11.7 Å². The summed E-state index contributed by atoms with van der Waals surface area (Å²) in [6.45, 7) is 4.54. The Morgan fingerprint density at radius 3 is 2.53 bits per heavy atom. The molecular weight excluding hydrogens is 407 g/mol. The van der Waals surface area contributed by atoms with E-state index in [0.29, 0.717) is 19.6 Å².